The molecule has 3 aromatic heterocycles. The lowest BCUT2D eigenvalue weighted by atomic mass is 10.1. The molecule has 0 bridgehead atoms. The summed E-state index contributed by atoms with van der Waals surface area (Å²) in [6.45, 7) is 4.06. The lowest BCUT2D eigenvalue weighted by molar-refractivity contribution is 0.596. The van der Waals surface area contributed by atoms with Crippen molar-refractivity contribution < 1.29 is 4.42 Å². The van der Waals surface area contributed by atoms with Crippen LogP contribution in [0.5, 0.6) is 0 Å². The third-order valence-electron chi connectivity index (χ3n) is 5.39. The predicted molar refractivity (Wildman–Crippen MR) is 136 cm³/mol. The third kappa shape index (κ3) is 5.25. The Labute approximate surface area is 203 Å². The zero-order valence-electron chi connectivity index (χ0n) is 19.3. The monoisotopic (exact) mass is 458 g/mol. The van der Waals surface area contributed by atoms with Crippen molar-refractivity contribution in [1.82, 2.24) is 9.97 Å². The van der Waals surface area contributed by atoms with Gasteiger partial charge in [-0.05, 0) is 97.8 Å². The molecule has 3 heterocycles. The Balaban J connectivity index is 1.34. The van der Waals surface area contributed by atoms with Crippen LogP contribution in [0.2, 0.25) is 0 Å². The van der Waals surface area contributed by atoms with Crippen molar-refractivity contribution in [1.29, 1.82) is 0 Å². The first-order valence-electron chi connectivity index (χ1n) is 11.1. The number of rotatable bonds is 6. The van der Waals surface area contributed by atoms with Gasteiger partial charge in [0, 0.05) is 23.5 Å². The van der Waals surface area contributed by atoms with Gasteiger partial charge in [0.25, 0.3) is 0 Å². The van der Waals surface area contributed by atoms with E-state index in [1.165, 1.54) is 0 Å². The second kappa shape index (κ2) is 10.0. The average molecular weight is 459 g/mol. The second-order valence-electron chi connectivity index (χ2n) is 7.94. The maximum atomic E-state index is 6.23. The number of benzene rings is 2. The molecule has 170 valence electrons. The van der Waals surface area contributed by atoms with Crippen LogP contribution in [-0.4, -0.2) is 9.97 Å². The number of nitrogens with zero attached hydrogens (tertiary/aromatic N) is 6. The van der Waals surface area contributed by atoms with Gasteiger partial charge in [-0.25, -0.2) is 9.97 Å². The number of azo groups is 2. The van der Waals surface area contributed by atoms with Gasteiger partial charge in [0.1, 0.15) is 11.5 Å². The molecule has 0 amide bonds. The average Bonchev–Trinajstić information content (AvgIpc) is 3.37. The molecule has 0 saturated carbocycles. The van der Waals surface area contributed by atoms with Gasteiger partial charge >= 0.3 is 0 Å². The van der Waals surface area contributed by atoms with E-state index in [2.05, 4.69) is 30.4 Å². The fourth-order valence-corrected chi connectivity index (χ4v) is 3.64. The summed E-state index contributed by atoms with van der Waals surface area (Å²) >= 11 is 0. The zero-order chi connectivity index (χ0) is 24.0. The summed E-state index contributed by atoms with van der Waals surface area (Å²) in [6.07, 6.45) is 3.39. The Hall–Kier alpha value is -4.78. The molecule has 0 radical (unpaired) electrons. The minimum atomic E-state index is 0.574. The molecule has 0 N–H and O–H groups in total. The van der Waals surface area contributed by atoms with E-state index in [-0.39, 0.29) is 0 Å². The molecule has 7 heteroatoms. The maximum Gasteiger partial charge on any atom is 0.174 e. The van der Waals surface area contributed by atoms with Crippen molar-refractivity contribution in [3.05, 3.63) is 108 Å². The highest BCUT2D eigenvalue weighted by Gasteiger charge is 2.12. The van der Waals surface area contributed by atoms with Crippen LogP contribution in [-0.2, 0) is 0 Å². The summed E-state index contributed by atoms with van der Waals surface area (Å²) < 4.78 is 6.23. The van der Waals surface area contributed by atoms with Crippen molar-refractivity contribution in [3.63, 3.8) is 0 Å². The number of pyridine rings is 2. The zero-order valence-corrected chi connectivity index (χ0v) is 19.3. The number of hydrogen-bond acceptors (Lipinski definition) is 7. The van der Waals surface area contributed by atoms with Gasteiger partial charge in [0.2, 0.25) is 0 Å². The minimum absolute atomic E-state index is 0.574. The highest BCUT2D eigenvalue weighted by atomic mass is 16.3. The first kappa shape index (κ1) is 22.0. The molecule has 0 aliphatic carbocycles. The van der Waals surface area contributed by atoms with E-state index in [1.54, 1.807) is 12.4 Å². The van der Waals surface area contributed by atoms with Crippen LogP contribution in [0.25, 0.3) is 22.6 Å². The molecule has 0 spiro atoms. The normalized spacial score (nSPS) is 11.5. The van der Waals surface area contributed by atoms with Gasteiger partial charge in [-0.3, -0.25) is 0 Å². The summed E-state index contributed by atoms with van der Waals surface area (Å²) in [5, 5.41) is 16.9. The van der Waals surface area contributed by atoms with E-state index in [0.29, 0.717) is 11.6 Å². The smallest absolute Gasteiger partial charge is 0.174 e. The predicted octanol–water partition coefficient (Wildman–Crippen LogP) is 8.85. The number of aryl methyl sites for hydroxylation is 2. The summed E-state index contributed by atoms with van der Waals surface area (Å²) in [6, 6.07) is 26.9. The molecule has 5 rings (SSSR count). The van der Waals surface area contributed by atoms with E-state index in [0.717, 1.165) is 45.1 Å². The lowest BCUT2D eigenvalue weighted by Gasteiger charge is -2.05. The quantitative estimate of drug-likeness (QED) is 0.238. The molecule has 35 heavy (non-hydrogen) atoms. The molecule has 0 unspecified atom stereocenters. The van der Waals surface area contributed by atoms with Crippen molar-refractivity contribution in [2.45, 2.75) is 13.8 Å². The highest BCUT2D eigenvalue weighted by Crippen LogP contribution is 2.34. The Morgan fingerprint density at radius 1 is 0.543 bits per heavy atom. The summed E-state index contributed by atoms with van der Waals surface area (Å²) in [5.41, 5.74) is 5.62. The third-order valence-corrected chi connectivity index (χ3v) is 5.39. The van der Waals surface area contributed by atoms with Gasteiger partial charge in [0.05, 0.1) is 11.4 Å². The van der Waals surface area contributed by atoms with Crippen molar-refractivity contribution in [3.8, 4) is 22.6 Å². The molecular formula is C28H22N6O. The Morgan fingerprint density at radius 2 is 1.03 bits per heavy atom. The van der Waals surface area contributed by atoms with E-state index >= 15 is 0 Å². The molecule has 0 fully saturated rings. The molecule has 0 saturated heterocycles. The van der Waals surface area contributed by atoms with Crippen LogP contribution in [0.15, 0.2) is 122 Å². The first-order valence-corrected chi connectivity index (χ1v) is 11.1. The second-order valence-corrected chi connectivity index (χ2v) is 7.94. The van der Waals surface area contributed by atoms with Gasteiger partial charge in [-0.2, -0.15) is 0 Å². The fraction of sp³-hybridized carbons (Fsp3) is 0.0714. The van der Waals surface area contributed by atoms with E-state index < -0.39 is 0 Å². The minimum Gasteiger partial charge on any atom is -0.456 e. The topological polar surface area (TPSA) is 88.4 Å². The fourth-order valence-electron chi connectivity index (χ4n) is 3.64. The van der Waals surface area contributed by atoms with Crippen LogP contribution in [0.3, 0.4) is 0 Å². The number of furan rings is 1. The van der Waals surface area contributed by atoms with Gasteiger partial charge in [-0.1, -0.05) is 12.1 Å². The molecule has 0 aliphatic heterocycles. The summed E-state index contributed by atoms with van der Waals surface area (Å²) in [7, 11) is 0. The first-order chi connectivity index (χ1) is 17.2. The van der Waals surface area contributed by atoms with Crippen molar-refractivity contribution in [2.24, 2.45) is 20.5 Å². The number of aromatic nitrogens is 2. The number of hydrogen-bond donors (Lipinski definition) is 0. The highest BCUT2D eigenvalue weighted by molar-refractivity contribution is 5.71. The summed E-state index contributed by atoms with van der Waals surface area (Å²) in [4.78, 5) is 8.32. The molecule has 0 atom stereocenters. The SMILES string of the molecule is Cc1cc(/N=N/c2ccccn2)ccc1-c1ccc(-c2ccc(/N=N/c3ccccn3)cc2C)o1. The van der Waals surface area contributed by atoms with E-state index in [4.69, 9.17) is 4.42 Å². The van der Waals surface area contributed by atoms with Crippen molar-refractivity contribution >= 4 is 23.0 Å². The Kier molecular flexibility index (Phi) is 6.30. The Morgan fingerprint density at radius 3 is 1.43 bits per heavy atom. The van der Waals surface area contributed by atoms with E-state index in [9.17, 15) is 0 Å². The van der Waals surface area contributed by atoms with Gasteiger partial charge in [-0.15, -0.1) is 20.5 Å². The molecule has 5 aromatic rings. The van der Waals surface area contributed by atoms with E-state index in [1.807, 2.05) is 98.8 Å². The van der Waals surface area contributed by atoms with Crippen LogP contribution in [0.1, 0.15) is 11.1 Å². The molecule has 2 aromatic carbocycles. The Bertz CT molecular complexity index is 1390. The van der Waals surface area contributed by atoms with Crippen LogP contribution >= 0.6 is 0 Å². The molecule has 0 aliphatic rings. The lowest BCUT2D eigenvalue weighted by Crippen LogP contribution is -1.82. The summed E-state index contributed by atoms with van der Waals surface area (Å²) in [5.74, 6) is 2.74. The molecular weight excluding hydrogens is 436 g/mol. The van der Waals surface area contributed by atoms with Crippen molar-refractivity contribution in [2.75, 3.05) is 0 Å². The molecule has 7 nitrogen and oxygen atoms in total. The standard InChI is InChI=1S/C28H22N6O/c1-19-17-21(31-33-27-7-3-5-15-29-27)9-11-23(19)25-13-14-26(35-25)24-12-10-22(18-20(24)2)32-34-28-8-4-6-16-30-28/h3-18H,1-2H3/b33-31+,34-32+. The van der Waals surface area contributed by atoms with Crippen LogP contribution < -0.4 is 0 Å². The maximum absolute atomic E-state index is 6.23. The van der Waals surface area contributed by atoms with Gasteiger partial charge < -0.3 is 4.42 Å². The van der Waals surface area contributed by atoms with Crippen LogP contribution in [0, 0.1) is 13.8 Å². The van der Waals surface area contributed by atoms with Gasteiger partial charge in [0.15, 0.2) is 11.6 Å². The largest absolute Gasteiger partial charge is 0.456 e. The van der Waals surface area contributed by atoms with Crippen LogP contribution in [0.4, 0.5) is 23.0 Å².